The molecular weight excluding hydrogens is 406 g/mol. The number of amides is 1. The normalized spacial score (nSPS) is 14.9. The van der Waals surface area contributed by atoms with Crippen LogP contribution in [0.3, 0.4) is 0 Å². The Balaban J connectivity index is 1.72. The number of para-hydroxylation sites is 1. The second-order valence-electron chi connectivity index (χ2n) is 6.77. The number of hydrogen-bond acceptors (Lipinski definition) is 6. The molecule has 1 aliphatic carbocycles. The summed E-state index contributed by atoms with van der Waals surface area (Å²) < 4.78 is 29.0. The van der Waals surface area contributed by atoms with Gasteiger partial charge < -0.3 is 15.4 Å². The van der Waals surface area contributed by atoms with Gasteiger partial charge in [0.25, 0.3) is 11.5 Å². The molecule has 0 radical (unpaired) electrons. The number of methoxy groups -OCH3 is 1. The molecule has 8 nitrogen and oxygen atoms in total. The zero-order valence-corrected chi connectivity index (χ0v) is 16.7. The Morgan fingerprint density at radius 1 is 1.30 bits per heavy atom. The van der Waals surface area contributed by atoms with Gasteiger partial charge >= 0.3 is 0 Å². The van der Waals surface area contributed by atoms with E-state index in [1.54, 1.807) is 22.8 Å². The number of nitrogens with one attached hydrogen (secondary N) is 2. The van der Waals surface area contributed by atoms with Gasteiger partial charge in [-0.1, -0.05) is 17.7 Å². The minimum atomic E-state index is -2.67. The van der Waals surface area contributed by atoms with E-state index < -0.39 is 12.9 Å². The fraction of sp³-hybridized carbons (Fsp3) is 0.238. The van der Waals surface area contributed by atoms with Crippen molar-refractivity contribution in [2.75, 3.05) is 19.4 Å². The first-order chi connectivity index (χ1) is 15.7. The van der Waals surface area contributed by atoms with Gasteiger partial charge in [0.1, 0.15) is 5.15 Å². The maximum Gasteiger partial charge on any atom is 0.254 e. The number of halogens is 1. The maximum absolute atomic E-state index is 12.5. The summed E-state index contributed by atoms with van der Waals surface area (Å²) in [5, 5.41) is 5.09. The highest BCUT2D eigenvalue weighted by Crippen LogP contribution is 2.38. The standard InChI is InChI=1S/C21H20ClN5O3/c1-23-21(29)14-10-24-18(22)8-17(14)26-15-5-3-4-13(20(15)30-2)16-9-19(28)27(11-25-16)12-6-7-12/h3-5,8-12H,6-7H2,1-2H3,(H,23,29)(H,24,26)/i1D3. The van der Waals surface area contributed by atoms with Crippen LogP contribution in [0.4, 0.5) is 11.4 Å². The quantitative estimate of drug-likeness (QED) is 0.584. The lowest BCUT2D eigenvalue weighted by atomic mass is 10.1. The maximum atomic E-state index is 12.5. The molecule has 2 N–H and O–H groups in total. The van der Waals surface area contributed by atoms with Crippen LogP contribution in [-0.4, -0.2) is 34.5 Å². The first-order valence-electron chi connectivity index (χ1n) is 10.7. The van der Waals surface area contributed by atoms with Crippen molar-refractivity contribution < 1.29 is 13.6 Å². The molecule has 1 saturated carbocycles. The summed E-state index contributed by atoms with van der Waals surface area (Å²) in [6.07, 6.45) is 4.65. The van der Waals surface area contributed by atoms with Crippen LogP contribution in [-0.2, 0) is 0 Å². The molecule has 1 fully saturated rings. The summed E-state index contributed by atoms with van der Waals surface area (Å²) in [6, 6.07) is 8.27. The molecule has 0 saturated heterocycles. The van der Waals surface area contributed by atoms with Crippen molar-refractivity contribution in [3.63, 3.8) is 0 Å². The smallest absolute Gasteiger partial charge is 0.254 e. The van der Waals surface area contributed by atoms with Crippen LogP contribution in [0.2, 0.25) is 5.15 Å². The lowest BCUT2D eigenvalue weighted by Gasteiger charge is -2.17. The van der Waals surface area contributed by atoms with Gasteiger partial charge in [0.2, 0.25) is 0 Å². The molecule has 2 aromatic heterocycles. The molecule has 30 heavy (non-hydrogen) atoms. The number of ether oxygens (including phenoxy) is 1. The molecule has 4 rings (SSSR count). The van der Waals surface area contributed by atoms with Gasteiger partial charge in [0.05, 0.1) is 36.1 Å². The van der Waals surface area contributed by atoms with E-state index in [1.165, 1.54) is 31.8 Å². The highest BCUT2D eigenvalue weighted by molar-refractivity contribution is 6.29. The summed E-state index contributed by atoms with van der Waals surface area (Å²) >= 11 is 6.01. The highest BCUT2D eigenvalue weighted by Gasteiger charge is 2.25. The van der Waals surface area contributed by atoms with Crippen molar-refractivity contribution in [3.8, 4) is 17.0 Å². The van der Waals surface area contributed by atoms with E-state index in [0.29, 0.717) is 22.7 Å². The molecule has 0 spiro atoms. The summed E-state index contributed by atoms with van der Waals surface area (Å²) in [7, 11) is 1.47. The van der Waals surface area contributed by atoms with Crippen LogP contribution in [0.15, 0.2) is 47.7 Å². The van der Waals surface area contributed by atoms with Crippen molar-refractivity contribution in [1.29, 1.82) is 0 Å². The Morgan fingerprint density at radius 3 is 2.83 bits per heavy atom. The number of rotatable bonds is 6. The van der Waals surface area contributed by atoms with Gasteiger partial charge in [0, 0.05) is 35.0 Å². The number of hydrogen-bond donors (Lipinski definition) is 2. The summed E-state index contributed by atoms with van der Waals surface area (Å²) in [4.78, 5) is 33.3. The second kappa shape index (κ2) is 8.16. The largest absolute Gasteiger partial charge is 0.494 e. The van der Waals surface area contributed by atoms with Crippen molar-refractivity contribution in [3.05, 3.63) is 63.9 Å². The molecule has 0 aliphatic heterocycles. The second-order valence-corrected chi connectivity index (χ2v) is 7.16. The number of aromatic nitrogens is 3. The SMILES string of the molecule is [2H]C([2H])([2H])NC(=O)c1cnc(Cl)cc1Nc1cccc(-c2cc(=O)n(C3CC3)cn2)c1OC. The Bertz CT molecular complexity index is 1270. The molecule has 0 bridgehead atoms. The molecule has 0 unspecified atom stereocenters. The van der Waals surface area contributed by atoms with Crippen molar-refractivity contribution >= 4 is 28.9 Å². The van der Waals surface area contributed by atoms with Gasteiger partial charge in [0.15, 0.2) is 5.75 Å². The van der Waals surface area contributed by atoms with Crippen LogP contribution in [0.25, 0.3) is 11.3 Å². The van der Waals surface area contributed by atoms with Gasteiger partial charge in [-0.2, -0.15) is 0 Å². The van der Waals surface area contributed by atoms with Gasteiger partial charge in [-0.3, -0.25) is 14.2 Å². The van der Waals surface area contributed by atoms with Crippen LogP contribution in [0.1, 0.15) is 33.4 Å². The van der Waals surface area contributed by atoms with E-state index in [-0.39, 0.29) is 28.0 Å². The lowest BCUT2D eigenvalue weighted by molar-refractivity contribution is 0.0963. The molecule has 1 aliphatic rings. The third kappa shape index (κ3) is 3.86. The number of benzene rings is 1. The van der Waals surface area contributed by atoms with Crippen molar-refractivity contribution in [1.82, 2.24) is 19.9 Å². The average Bonchev–Trinajstić information content (AvgIpc) is 3.57. The Kier molecular flexibility index (Phi) is 4.46. The molecule has 3 aromatic rings. The molecular formula is C21H20ClN5O3. The summed E-state index contributed by atoms with van der Waals surface area (Å²) in [5.74, 6) is -0.467. The van der Waals surface area contributed by atoms with Crippen LogP contribution in [0.5, 0.6) is 5.75 Å². The number of carbonyl (C=O) groups is 1. The van der Waals surface area contributed by atoms with Crippen molar-refractivity contribution in [2.45, 2.75) is 18.9 Å². The monoisotopic (exact) mass is 428 g/mol. The minimum absolute atomic E-state index is 0.0202. The molecule has 1 amide bonds. The van der Waals surface area contributed by atoms with E-state index in [9.17, 15) is 9.59 Å². The Hall–Kier alpha value is -3.39. The first-order valence-corrected chi connectivity index (χ1v) is 9.55. The van der Waals surface area contributed by atoms with Crippen LogP contribution < -0.4 is 20.9 Å². The first kappa shape index (κ1) is 16.4. The third-order valence-corrected chi connectivity index (χ3v) is 4.98. The topological polar surface area (TPSA) is 98.1 Å². The van der Waals surface area contributed by atoms with Gasteiger partial charge in [-0.05, 0) is 31.0 Å². The number of nitrogens with zero attached hydrogens (tertiary/aromatic N) is 3. The number of anilines is 2. The zero-order chi connectivity index (χ0) is 23.8. The Labute approximate surface area is 182 Å². The average molecular weight is 429 g/mol. The van der Waals surface area contributed by atoms with E-state index in [1.807, 2.05) is 5.32 Å². The summed E-state index contributed by atoms with van der Waals surface area (Å²) in [5.41, 5.74) is 1.51. The van der Waals surface area contributed by atoms with E-state index >= 15 is 0 Å². The predicted octanol–water partition coefficient (Wildman–Crippen LogP) is 3.41. The van der Waals surface area contributed by atoms with Crippen LogP contribution >= 0.6 is 11.6 Å². The molecule has 0 atom stereocenters. The van der Waals surface area contributed by atoms with E-state index in [0.717, 1.165) is 12.8 Å². The highest BCUT2D eigenvalue weighted by atomic mass is 35.5. The van der Waals surface area contributed by atoms with E-state index in [2.05, 4.69) is 15.3 Å². The summed E-state index contributed by atoms with van der Waals surface area (Å²) in [6.45, 7) is -2.67. The fourth-order valence-electron chi connectivity index (χ4n) is 3.17. The molecule has 9 heteroatoms. The Morgan fingerprint density at radius 2 is 2.13 bits per heavy atom. The fourth-order valence-corrected chi connectivity index (χ4v) is 3.33. The van der Waals surface area contributed by atoms with Crippen LogP contribution in [0, 0.1) is 0 Å². The predicted molar refractivity (Wildman–Crippen MR) is 115 cm³/mol. The van der Waals surface area contributed by atoms with Gasteiger partial charge in [-0.15, -0.1) is 0 Å². The zero-order valence-electron chi connectivity index (χ0n) is 19.0. The molecule has 154 valence electrons. The van der Waals surface area contributed by atoms with E-state index in [4.69, 9.17) is 20.5 Å². The number of pyridine rings is 1. The van der Waals surface area contributed by atoms with Gasteiger partial charge in [-0.25, -0.2) is 9.97 Å². The third-order valence-electron chi connectivity index (χ3n) is 4.77. The number of carbonyl (C=O) groups excluding carboxylic acids is 1. The van der Waals surface area contributed by atoms with Crippen molar-refractivity contribution in [2.24, 2.45) is 0 Å². The lowest BCUT2D eigenvalue weighted by Crippen LogP contribution is -2.19. The molecule has 2 heterocycles. The molecule has 1 aromatic carbocycles. The minimum Gasteiger partial charge on any atom is -0.494 e.